The molecule has 1 aromatic heterocycles. The first-order valence-corrected chi connectivity index (χ1v) is 8.64. The Bertz CT molecular complexity index is 973. The van der Waals surface area contributed by atoms with Gasteiger partial charge in [0.2, 0.25) is 0 Å². The Labute approximate surface area is 151 Å². The van der Waals surface area contributed by atoms with Crippen LogP contribution in [0.4, 0.5) is 5.69 Å². The number of amides is 1. The number of aliphatic hydroxyl groups excluding tert-OH is 1. The molecule has 1 atom stereocenters. The molecular weight excluding hydrogens is 328 g/mol. The zero-order valence-corrected chi connectivity index (χ0v) is 14.5. The maximum Gasteiger partial charge on any atom is 0.271 e. The van der Waals surface area contributed by atoms with Gasteiger partial charge < -0.3 is 15.3 Å². The minimum atomic E-state index is -0.761. The second kappa shape index (κ2) is 6.72. The van der Waals surface area contributed by atoms with Crippen LogP contribution in [0.1, 0.15) is 27.7 Å². The lowest BCUT2D eigenvalue weighted by atomic mass is 10.0. The number of carbonyl (C=O) groups is 1. The molecule has 6 nitrogen and oxygen atoms in total. The van der Waals surface area contributed by atoms with Gasteiger partial charge in [0.1, 0.15) is 5.69 Å². The molecule has 0 saturated carbocycles. The van der Waals surface area contributed by atoms with Crippen LogP contribution in [-0.4, -0.2) is 41.1 Å². The van der Waals surface area contributed by atoms with Gasteiger partial charge in [-0.1, -0.05) is 24.3 Å². The third-order valence-electron chi connectivity index (χ3n) is 4.75. The number of likely N-dealkylation sites (N-methyl/N-ethyl adjacent to an activating group) is 1. The van der Waals surface area contributed by atoms with Crippen molar-refractivity contribution < 1.29 is 9.90 Å². The number of aromatic nitrogens is 2. The number of carbonyl (C=O) groups excluding carboxylic acids is 1. The topological polar surface area (TPSA) is 78.4 Å². The molecule has 0 saturated heterocycles. The van der Waals surface area contributed by atoms with Crippen molar-refractivity contribution >= 4 is 22.6 Å². The number of aliphatic hydroxyl groups is 1. The van der Waals surface area contributed by atoms with Gasteiger partial charge in [-0.2, -0.15) is 0 Å². The predicted molar refractivity (Wildman–Crippen MR) is 100 cm³/mol. The third kappa shape index (κ3) is 3.11. The number of nitrogens with one attached hydrogen (secondary N) is 1. The van der Waals surface area contributed by atoms with Crippen molar-refractivity contribution in [1.82, 2.24) is 15.3 Å². The Balaban J connectivity index is 1.43. The highest BCUT2D eigenvalue weighted by atomic mass is 16.3. The van der Waals surface area contributed by atoms with Gasteiger partial charge >= 0.3 is 0 Å². The molecule has 3 aromatic rings. The summed E-state index contributed by atoms with van der Waals surface area (Å²) in [6.45, 7) is 1.12. The zero-order valence-electron chi connectivity index (χ0n) is 14.5. The molecule has 1 amide bonds. The Kier molecular flexibility index (Phi) is 4.26. The van der Waals surface area contributed by atoms with Crippen molar-refractivity contribution in [3.05, 3.63) is 65.5 Å². The van der Waals surface area contributed by atoms with Crippen LogP contribution < -0.4 is 10.2 Å². The van der Waals surface area contributed by atoms with Crippen LogP contribution in [0.2, 0.25) is 0 Å². The van der Waals surface area contributed by atoms with E-state index in [0.29, 0.717) is 5.52 Å². The number of hydrogen-bond donors (Lipinski definition) is 2. The van der Waals surface area contributed by atoms with Crippen molar-refractivity contribution in [3.8, 4) is 0 Å². The van der Waals surface area contributed by atoms with E-state index in [-0.39, 0.29) is 18.1 Å². The number of anilines is 1. The predicted octanol–water partition coefficient (Wildman–Crippen LogP) is 2.09. The van der Waals surface area contributed by atoms with Crippen molar-refractivity contribution in [3.63, 3.8) is 0 Å². The van der Waals surface area contributed by atoms with E-state index in [1.807, 2.05) is 42.5 Å². The molecule has 2 N–H and O–H groups in total. The van der Waals surface area contributed by atoms with Gasteiger partial charge in [-0.3, -0.25) is 9.78 Å². The van der Waals surface area contributed by atoms with Gasteiger partial charge in [-0.15, -0.1) is 0 Å². The lowest BCUT2D eigenvalue weighted by Gasteiger charge is -2.15. The van der Waals surface area contributed by atoms with Gasteiger partial charge in [-0.05, 0) is 35.7 Å². The quantitative estimate of drug-likeness (QED) is 0.755. The minimum Gasteiger partial charge on any atom is -0.387 e. The van der Waals surface area contributed by atoms with Crippen LogP contribution in [0.5, 0.6) is 0 Å². The van der Waals surface area contributed by atoms with Crippen LogP contribution in [0, 0.1) is 0 Å². The molecule has 26 heavy (non-hydrogen) atoms. The summed E-state index contributed by atoms with van der Waals surface area (Å²) in [6, 6.07) is 13.3. The molecular formula is C20H20N4O2. The Morgan fingerprint density at radius 3 is 2.92 bits per heavy atom. The second-order valence-corrected chi connectivity index (χ2v) is 6.53. The van der Waals surface area contributed by atoms with Crippen LogP contribution in [0.25, 0.3) is 11.0 Å². The number of fused-ring (bicyclic) bond motifs is 2. The van der Waals surface area contributed by atoms with Crippen molar-refractivity contribution in [1.29, 1.82) is 0 Å². The number of hydrogen-bond acceptors (Lipinski definition) is 5. The van der Waals surface area contributed by atoms with E-state index >= 15 is 0 Å². The number of nitrogens with zero attached hydrogens (tertiary/aromatic N) is 3. The molecule has 6 heteroatoms. The Morgan fingerprint density at radius 2 is 2.08 bits per heavy atom. The van der Waals surface area contributed by atoms with Gasteiger partial charge in [0, 0.05) is 25.8 Å². The molecule has 1 unspecified atom stereocenters. The molecule has 0 fully saturated rings. The molecule has 2 heterocycles. The summed E-state index contributed by atoms with van der Waals surface area (Å²) < 4.78 is 0. The maximum absolute atomic E-state index is 12.3. The second-order valence-electron chi connectivity index (χ2n) is 6.53. The summed E-state index contributed by atoms with van der Waals surface area (Å²) in [5, 5.41) is 13.2. The largest absolute Gasteiger partial charge is 0.387 e. The fourth-order valence-corrected chi connectivity index (χ4v) is 3.26. The summed E-state index contributed by atoms with van der Waals surface area (Å²) in [5.41, 5.74) is 4.90. The standard InChI is InChI=1S/C20H20N4O2/c1-24-9-8-13-10-14(6-7-18(13)24)19(25)12-22-20(26)17-11-21-15-4-2-3-5-16(15)23-17/h2-7,10-11,19,25H,8-9,12H2,1H3,(H,22,26). The summed E-state index contributed by atoms with van der Waals surface area (Å²) in [5.74, 6) is -0.344. The van der Waals surface area contributed by atoms with Gasteiger partial charge in [0.25, 0.3) is 5.91 Å². The average molecular weight is 348 g/mol. The smallest absolute Gasteiger partial charge is 0.271 e. The summed E-state index contributed by atoms with van der Waals surface area (Å²) in [4.78, 5) is 23.1. The highest BCUT2D eigenvalue weighted by molar-refractivity contribution is 5.93. The fourth-order valence-electron chi connectivity index (χ4n) is 3.26. The van der Waals surface area contributed by atoms with Crippen LogP contribution in [0.3, 0.4) is 0 Å². The highest BCUT2D eigenvalue weighted by Gasteiger charge is 2.18. The summed E-state index contributed by atoms with van der Waals surface area (Å²) in [6.07, 6.45) is 1.67. The number of rotatable bonds is 4. The van der Waals surface area contributed by atoms with E-state index in [1.165, 1.54) is 17.4 Å². The number of para-hydroxylation sites is 2. The van der Waals surface area contributed by atoms with Crippen molar-refractivity contribution in [2.75, 3.05) is 25.0 Å². The van der Waals surface area contributed by atoms with Crippen LogP contribution in [0.15, 0.2) is 48.7 Å². The molecule has 0 radical (unpaired) electrons. The molecule has 4 rings (SSSR count). The maximum atomic E-state index is 12.3. The summed E-state index contributed by atoms with van der Waals surface area (Å²) in [7, 11) is 2.06. The zero-order chi connectivity index (χ0) is 18.1. The first kappa shape index (κ1) is 16.5. The lowest BCUT2D eigenvalue weighted by molar-refractivity contribution is 0.0911. The minimum absolute atomic E-state index is 0.127. The van der Waals surface area contributed by atoms with E-state index in [9.17, 15) is 9.90 Å². The fraction of sp³-hybridized carbons (Fsp3) is 0.250. The van der Waals surface area contributed by atoms with Crippen LogP contribution >= 0.6 is 0 Å². The lowest BCUT2D eigenvalue weighted by Crippen LogP contribution is -2.29. The molecule has 132 valence electrons. The number of benzene rings is 2. The van der Waals surface area contributed by atoms with Crippen molar-refractivity contribution in [2.45, 2.75) is 12.5 Å². The van der Waals surface area contributed by atoms with Gasteiger partial charge in [-0.25, -0.2) is 4.98 Å². The Morgan fingerprint density at radius 1 is 1.27 bits per heavy atom. The van der Waals surface area contributed by atoms with Gasteiger partial charge in [0.15, 0.2) is 0 Å². The van der Waals surface area contributed by atoms with Crippen LogP contribution in [-0.2, 0) is 6.42 Å². The van der Waals surface area contributed by atoms with Gasteiger partial charge in [0.05, 0.1) is 23.3 Å². The SMILES string of the molecule is CN1CCc2cc(C(O)CNC(=O)c3cnc4ccccc4n3)ccc21. The van der Waals surface area contributed by atoms with E-state index in [1.54, 1.807) is 0 Å². The first-order chi connectivity index (χ1) is 12.6. The third-order valence-corrected chi connectivity index (χ3v) is 4.75. The Hall–Kier alpha value is -2.99. The average Bonchev–Trinajstić information content (AvgIpc) is 3.05. The normalized spacial score (nSPS) is 14.3. The molecule has 0 bridgehead atoms. The molecule has 1 aliphatic rings. The highest BCUT2D eigenvalue weighted by Crippen LogP contribution is 2.29. The molecule has 2 aromatic carbocycles. The van der Waals surface area contributed by atoms with E-state index < -0.39 is 6.10 Å². The monoisotopic (exact) mass is 348 g/mol. The van der Waals surface area contributed by atoms with E-state index in [2.05, 4.69) is 27.2 Å². The molecule has 0 spiro atoms. The first-order valence-electron chi connectivity index (χ1n) is 8.64. The molecule has 1 aliphatic heterocycles. The van der Waals surface area contributed by atoms with E-state index in [0.717, 1.165) is 24.0 Å². The molecule has 0 aliphatic carbocycles. The summed E-state index contributed by atoms with van der Waals surface area (Å²) >= 11 is 0. The van der Waals surface area contributed by atoms with Crippen molar-refractivity contribution in [2.24, 2.45) is 0 Å². The van der Waals surface area contributed by atoms with E-state index in [4.69, 9.17) is 0 Å².